The molecule has 0 aliphatic carbocycles. The third-order valence-corrected chi connectivity index (χ3v) is 3.85. The first kappa shape index (κ1) is 10.2. The molecule has 0 fully saturated rings. The van der Waals surface area contributed by atoms with Gasteiger partial charge < -0.3 is 4.42 Å². The minimum atomic E-state index is 0.944. The van der Waals surface area contributed by atoms with Crippen molar-refractivity contribution in [3.8, 4) is 0 Å². The van der Waals surface area contributed by atoms with E-state index in [9.17, 15) is 0 Å². The number of benzene rings is 2. The summed E-state index contributed by atoms with van der Waals surface area (Å²) in [5, 5.41) is 2.40. The third kappa shape index (κ3) is 1.46. The lowest BCUT2D eigenvalue weighted by Crippen LogP contribution is -1.74. The van der Waals surface area contributed by atoms with E-state index in [-0.39, 0.29) is 0 Å². The van der Waals surface area contributed by atoms with Crippen molar-refractivity contribution in [1.82, 2.24) is 0 Å². The quantitative estimate of drug-likeness (QED) is 0.581. The van der Waals surface area contributed by atoms with Crippen LogP contribution in [-0.4, -0.2) is 6.26 Å². The Hall–Kier alpha value is -0.930. The van der Waals surface area contributed by atoms with Crippen LogP contribution in [0.5, 0.6) is 0 Å². The molecule has 0 saturated heterocycles. The van der Waals surface area contributed by atoms with Crippen molar-refractivity contribution in [2.24, 2.45) is 0 Å². The van der Waals surface area contributed by atoms with Gasteiger partial charge in [-0.1, -0.05) is 34.1 Å². The van der Waals surface area contributed by atoms with E-state index in [2.05, 4.69) is 34.3 Å². The molecule has 0 atom stereocenters. The van der Waals surface area contributed by atoms with E-state index < -0.39 is 0 Å². The molecular weight excluding hydrogens is 284 g/mol. The first-order valence-electron chi connectivity index (χ1n) is 4.94. The number of para-hydroxylation sites is 1. The molecule has 1 nitrogen and oxygen atoms in total. The number of furan rings is 1. The van der Waals surface area contributed by atoms with E-state index in [0.29, 0.717) is 0 Å². The minimum Gasteiger partial charge on any atom is -0.456 e. The van der Waals surface area contributed by atoms with E-state index in [4.69, 9.17) is 4.42 Å². The lowest BCUT2D eigenvalue weighted by molar-refractivity contribution is 0.668. The maximum Gasteiger partial charge on any atom is 0.137 e. The molecule has 0 bridgehead atoms. The Morgan fingerprint density at radius 3 is 2.75 bits per heavy atom. The lowest BCUT2D eigenvalue weighted by Gasteiger charge is -1.99. The zero-order valence-corrected chi connectivity index (χ0v) is 11.1. The number of hydrogen-bond acceptors (Lipinski definition) is 2. The standard InChI is InChI=1S/C13H9BrOS/c1-16-12-7-8(14)6-11-13(12)9-4-2-3-5-10(9)15-11/h2-7H,1H3. The maximum atomic E-state index is 5.83. The van der Waals surface area contributed by atoms with Gasteiger partial charge in [-0.2, -0.15) is 0 Å². The highest BCUT2D eigenvalue weighted by Gasteiger charge is 2.11. The summed E-state index contributed by atoms with van der Waals surface area (Å²) in [5.41, 5.74) is 1.89. The summed E-state index contributed by atoms with van der Waals surface area (Å²) in [6.07, 6.45) is 2.09. The maximum absolute atomic E-state index is 5.83. The smallest absolute Gasteiger partial charge is 0.137 e. The van der Waals surface area contributed by atoms with Gasteiger partial charge in [0.15, 0.2) is 0 Å². The first-order chi connectivity index (χ1) is 7.79. The average Bonchev–Trinajstić information content (AvgIpc) is 2.65. The Kier molecular flexibility index (Phi) is 2.45. The molecule has 16 heavy (non-hydrogen) atoms. The summed E-state index contributed by atoms with van der Waals surface area (Å²) < 4.78 is 6.89. The van der Waals surface area contributed by atoms with Crippen LogP contribution in [0.1, 0.15) is 0 Å². The van der Waals surface area contributed by atoms with Crippen molar-refractivity contribution in [3.63, 3.8) is 0 Å². The Morgan fingerprint density at radius 1 is 1.12 bits per heavy atom. The second kappa shape index (κ2) is 3.82. The highest BCUT2D eigenvalue weighted by molar-refractivity contribution is 9.10. The van der Waals surface area contributed by atoms with Crippen LogP contribution in [0.25, 0.3) is 21.9 Å². The van der Waals surface area contributed by atoms with Crippen molar-refractivity contribution in [3.05, 3.63) is 40.9 Å². The largest absolute Gasteiger partial charge is 0.456 e. The molecule has 0 radical (unpaired) electrons. The molecule has 0 aliphatic rings. The molecule has 1 heterocycles. The van der Waals surface area contributed by atoms with Gasteiger partial charge in [-0.3, -0.25) is 0 Å². The fraction of sp³-hybridized carbons (Fsp3) is 0.0769. The third-order valence-electron chi connectivity index (χ3n) is 2.63. The van der Waals surface area contributed by atoms with E-state index >= 15 is 0 Å². The zero-order chi connectivity index (χ0) is 11.1. The summed E-state index contributed by atoms with van der Waals surface area (Å²) in [4.78, 5) is 1.24. The molecule has 0 saturated carbocycles. The molecule has 80 valence electrons. The van der Waals surface area contributed by atoms with E-state index in [1.165, 1.54) is 15.7 Å². The molecule has 0 amide bonds. The Morgan fingerprint density at radius 2 is 1.94 bits per heavy atom. The highest BCUT2D eigenvalue weighted by Crippen LogP contribution is 2.37. The summed E-state index contributed by atoms with van der Waals surface area (Å²) in [6.45, 7) is 0. The van der Waals surface area contributed by atoms with E-state index in [1.807, 2.05) is 24.3 Å². The zero-order valence-electron chi connectivity index (χ0n) is 8.66. The van der Waals surface area contributed by atoms with Crippen molar-refractivity contribution < 1.29 is 4.42 Å². The van der Waals surface area contributed by atoms with Gasteiger partial charge in [0.25, 0.3) is 0 Å². The number of rotatable bonds is 1. The Bertz CT molecular complexity index is 672. The first-order valence-corrected chi connectivity index (χ1v) is 6.96. The van der Waals surface area contributed by atoms with Gasteiger partial charge in [0.2, 0.25) is 0 Å². The second-order valence-electron chi connectivity index (χ2n) is 3.58. The Labute approximate surface area is 106 Å². The average molecular weight is 293 g/mol. The molecule has 0 N–H and O–H groups in total. The van der Waals surface area contributed by atoms with Crippen LogP contribution in [0.4, 0.5) is 0 Å². The normalized spacial score (nSPS) is 11.4. The number of fused-ring (bicyclic) bond motifs is 3. The van der Waals surface area contributed by atoms with Gasteiger partial charge in [0.05, 0.1) is 0 Å². The van der Waals surface area contributed by atoms with Crippen molar-refractivity contribution in [1.29, 1.82) is 0 Å². The van der Waals surface area contributed by atoms with Crippen LogP contribution >= 0.6 is 27.7 Å². The SMILES string of the molecule is CSc1cc(Br)cc2oc3ccccc3c12. The van der Waals surface area contributed by atoms with Crippen molar-refractivity contribution in [2.45, 2.75) is 4.90 Å². The van der Waals surface area contributed by atoms with E-state index in [0.717, 1.165) is 15.6 Å². The van der Waals surface area contributed by atoms with E-state index in [1.54, 1.807) is 11.8 Å². The summed E-state index contributed by atoms with van der Waals surface area (Å²) >= 11 is 5.25. The van der Waals surface area contributed by atoms with Crippen LogP contribution in [0.15, 0.2) is 50.2 Å². The van der Waals surface area contributed by atoms with Crippen molar-refractivity contribution >= 4 is 49.6 Å². The van der Waals surface area contributed by atoms with Crippen molar-refractivity contribution in [2.75, 3.05) is 6.26 Å². The predicted octanol–water partition coefficient (Wildman–Crippen LogP) is 5.07. The molecule has 1 aromatic heterocycles. The van der Waals surface area contributed by atoms with Gasteiger partial charge in [-0.15, -0.1) is 11.8 Å². The topological polar surface area (TPSA) is 13.1 Å². The van der Waals surface area contributed by atoms with Crippen LogP contribution in [0, 0.1) is 0 Å². The number of hydrogen-bond donors (Lipinski definition) is 0. The van der Waals surface area contributed by atoms with Crippen LogP contribution in [-0.2, 0) is 0 Å². The molecular formula is C13H9BrOS. The number of halogens is 1. The minimum absolute atomic E-state index is 0.944. The monoisotopic (exact) mass is 292 g/mol. The molecule has 0 aliphatic heterocycles. The fourth-order valence-electron chi connectivity index (χ4n) is 1.95. The summed E-state index contributed by atoms with van der Waals surface area (Å²) in [6, 6.07) is 12.3. The highest BCUT2D eigenvalue weighted by atomic mass is 79.9. The van der Waals surface area contributed by atoms with Gasteiger partial charge in [-0.25, -0.2) is 0 Å². The molecule has 3 rings (SSSR count). The predicted molar refractivity (Wildman–Crippen MR) is 73.2 cm³/mol. The molecule has 0 unspecified atom stereocenters. The van der Waals surface area contributed by atoms with Crippen LogP contribution < -0.4 is 0 Å². The van der Waals surface area contributed by atoms with Crippen LogP contribution in [0.2, 0.25) is 0 Å². The molecule has 2 aromatic carbocycles. The second-order valence-corrected chi connectivity index (χ2v) is 5.34. The summed E-state index contributed by atoms with van der Waals surface area (Å²) in [7, 11) is 0. The van der Waals surface area contributed by atoms with Gasteiger partial charge in [0, 0.05) is 20.1 Å². The van der Waals surface area contributed by atoms with Crippen LogP contribution in [0.3, 0.4) is 0 Å². The molecule has 3 aromatic rings. The fourth-order valence-corrected chi connectivity index (χ4v) is 3.19. The Balaban J connectivity index is 2.55. The molecule has 3 heteroatoms. The van der Waals surface area contributed by atoms with Gasteiger partial charge in [-0.05, 0) is 24.5 Å². The van der Waals surface area contributed by atoms with Gasteiger partial charge in [0.1, 0.15) is 11.2 Å². The summed E-state index contributed by atoms with van der Waals surface area (Å²) in [5.74, 6) is 0. The number of thioether (sulfide) groups is 1. The molecule has 0 spiro atoms. The van der Waals surface area contributed by atoms with Gasteiger partial charge >= 0.3 is 0 Å². The lowest BCUT2D eigenvalue weighted by atomic mass is 10.1.